The van der Waals surface area contributed by atoms with Crippen LogP contribution in [0.25, 0.3) is 0 Å². The van der Waals surface area contributed by atoms with Gasteiger partial charge in [0.15, 0.2) is 0 Å². The predicted octanol–water partition coefficient (Wildman–Crippen LogP) is 2.91. The van der Waals surface area contributed by atoms with Crippen molar-refractivity contribution in [2.75, 3.05) is 34.7 Å². The molecular formula is C20H23N3O3S. The average molecular weight is 385 g/mol. The first-order valence-corrected chi connectivity index (χ1v) is 10.6. The molecule has 4 rings (SSSR count). The Balaban J connectivity index is 1.63. The molecule has 1 fully saturated rings. The summed E-state index contributed by atoms with van der Waals surface area (Å²) in [5, 5.41) is 0. The first-order valence-electron chi connectivity index (χ1n) is 9.13. The summed E-state index contributed by atoms with van der Waals surface area (Å²) >= 11 is 0. The Hall–Kier alpha value is -2.54. The van der Waals surface area contributed by atoms with Gasteiger partial charge >= 0.3 is 0 Å². The molecule has 2 aromatic rings. The molecule has 0 aliphatic carbocycles. The molecule has 0 atom stereocenters. The smallest absolute Gasteiger partial charge is 0.261 e. The zero-order valence-corrected chi connectivity index (χ0v) is 16.3. The number of carbonyl (C=O) groups excluding carboxylic acids is 1. The summed E-state index contributed by atoms with van der Waals surface area (Å²) in [4.78, 5) is 15.9. The Kier molecular flexibility index (Phi) is 4.34. The second-order valence-corrected chi connectivity index (χ2v) is 8.90. The first-order chi connectivity index (χ1) is 12.8. The molecule has 0 saturated carbocycles. The summed E-state index contributed by atoms with van der Waals surface area (Å²) in [7, 11) is -2.03. The van der Waals surface area contributed by atoms with E-state index in [4.69, 9.17) is 0 Å². The van der Waals surface area contributed by atoms with Gasteiger partial charge in [0, 0.05) is 31.5 Å². The molecule has 6 nitrogen and oxygen atoms in total. The van der Waals surface area contributed by atoms with Gasteiger partial charge in [-0.2, -0.15) is 0 Å². The molecule has 7 heteroatoms. The largest absolute Gasteiger partial charge is 0.371 e. The van der Waals surface area contributed by atoms with E-state index < -0.39 is 10.0 Å². The van der Waals surface area contributed by atoms with Gasteiger partial charge in [0.25, 0.3) is 10.0 Å². The number of fused-ring (bicyclic) bond motifs is 1. The van der Waals surface area contributed by atoms with E-state index in [-0.39, 0.29) is 17.2 Å². The molecule has 2 aliphatic rings. The summed E-state index contributed by atoms with van der Waals surface area (Å²) in [5.74, 6) is -0.0262. The molecule has 0 unspecified atom stereocenters. The SMILES string of the molecule is Cc1ccc(N2CCCC2)cc1NS(=O)(=O)c1ccc2c(c1)CC(=O)N2C. The fourth-order valence-electron chi connectivity index (χ4n) is 3.71. The van der Waals surface area contributed by atoms with Crippen molar-refractivity contribution in [1.82, 2.24) is 0 Å². The third-order valence-electron chi connectivity index (χ3n) is 5.38. The summed E-state index contributed by atoms with van der Waals surface area (Å²) < 4.78 is 28.6. The molecular weight excluding hydrogens is 362 g/mol. The minimum absolute atomic E-state index is 0.0262. The van der Waals surface area contributed by atoms with E-state index in [9.17, 15) is 13.2 Å². The van der Waals surface area contributed by atoms with E-state index in [2.05, 4.69) is 9.62 Å². The normalized spacial score (nSPS) is 16.7. The van der Waals surface area contributed by atoms with E-state index >= 15 is 0 Å². The highest BCUT2D eigenvalue weighted by Crippen LogP contribution is 2.31. The van der Waals surface area contributed by atoms with Crippen molar-refractivity contribution in [1.29, 1.82) is 0 Å². The monoisotopic (exact) mass is 385 g/mol. The molecule has 0 spiro atoms. The number of sulfonamides is 1. The van der Waals surface area contributed by atoms with Gasteiger partial charge in [0.1, 0.15) is 0 Å². The highest BCUT2D eigenvalue weighted by molar-refractivity contribution is 7.92. The predicted molar refractivity (Wildman–Crippen MR) is 107 cm³/mol. The van der Waals surface area contributed by atoms with Gasteiger partial charge in [-0.3, -0.25) is 9.52 Å². The van der Waals surface area contributed by atoms with E-state index in [1.807, 2.05) is 25.1 Å². The number of amides is 1. The molecule has 0 bridgehead atoms. The molecule has 27 heavy (non-hydrogen) atoms. The third-order valence-corrected chi connectivity index (χ3v) is 6.74. The number of hydrogen-bond donors (Lipinski definition) is 1. The molecule has 0 aromatic heterocycles. The molecule has 2 aromatic carbocycles. The van der Waals surface area contributed by atoms with Crippen LogP contribution in [0.1, 0.15) is 24.0 Å². The Labute approximate surface area is 159 Å². The van der Waals surface area contributed by atoms with E-state index in [1.165, 1.54) is 0 Å². The van der Waals surface area contributed by atoms with Crippen LogP contribution in [0.15, 0.2) is 41.3 Å². The first kappa shape index (κ1) is 17.9. The van der Waals surface area contributed by atoms with Gasteiger partial charge in [-0.25, -0.2) is 8.42 Å². The Bertz CT molecular complexity index is 1010. The van der Waals surface area contributed by atoms with Crippen molar-refractivity contribution in [3.05, 3.63) is 47.5 Å². The maximum absolute atomic E-state index is 12.9. The lowest BCUT2D eigenvalue weighted by Gasteiger charge is -2.20. The van der Waals surface area contributed by atoms with Crippen LogP contribution in [0, 0.1) is 6.92 Å². The minimum atomic E-state index is -3.73. The number of benzene rings is 2. The van der Waals surface area contributed by atoms with Crippen LogP contribution >= 0.6 is 0 Å². The number of nitrogens with zero attached hydrogens (tertiary/aromatic N) is 2. The van der Waals surface area contributed by atoms with Gasteiger partial charge in [-0.05, 0) is 61.2 Å². The molecule has 2 aliphatic heterocycles. The molecule has 142 valence electrons. The van der Waals surface area contributed by atoms with Gasteiger partial charge in [-0.15, -0.1) is 0 Å². The topological polar surface area (TPSA) is 69.7 Å². The van der Waals surface area contributed by atoms with Crippen molar-refractivity contribution < 1.29 is 13.2 Å². The van der Waals surface area contributed by atoms with Crippen LogP contribution in [0.3, 0.4) is 0 Å². The zero-order valence-electron chi connectivity index (χ0n) is 15.5. The number of nitrogens with one attached hydrogen (secondary N) is 1. The number of rotatable bonds is 4. The van der Waals surface area contributed by atoms with Gasteiger partial charge in [-0.1, -0.05) is 6.07 Å². The van der Waals surface area contributed by atoms with Crippen LogP contribution in [-0.2, 0) is 21.2 Å². The van der Waals surface area contributed by atoms with Crippen LogP contribution in [0.4, 0.5) is 17.1 Å². The lowest BCUT2D eigenvalue weighted by atomic mass is 10.2. The molecule has 2 heterocycles. The maximum atomic E-state index is 12.9. The van der Waals surface area contributed by atoms with Crippen LogP contribution in [0.2, 0.25) is 0 Å². The maximum Gasteiger partial charge on any atom is 0.261 e. The van der Waals surface area contributed by atoms with E-state index in [0.29, 0.717) is 5.69 Å². The Morgan fingerprint density at radius 3 is 2.52 bits per heavy atom. The second kappa shape index (κ2) is 6.56. The zero-order chi connectivity index (χ0) is 19.2. The van der Waals surface area contributed by atoms with Crippen LogP contribution in [0.5, 0.6) is 0 Å². The number of anilines is 3. The summed E-state index contributed by atoms with van der Waals surface area (Å²) in [6.45, 7) is 3.89. The van der Waals surface area contributed by atoms with Crippen molar-refractivity contribution in [2.45, 2.75) is 31.1 Å². The molecule has 1 N–H and O–H groups in total. The van der Waals surface area contributed by atoms with Crippen molar-refractivity contribution in [3.63, 3.8) is 0 Å². The van der Waals surface area contributed by atoms with E-state index in [1.54, 1.807) is 30.1 Å². The fraction of sp³-hybridized carbons (Fsp3) is 0.350. The van der Waals surface area contributed by atoms with E-state index in [0.717, 1.165) is 48.4 Å². The van der Waals surface area contributed by atoms with Gasteiger partial charge in [0.2, 0.25) is 5.91 Å². The summed E-state index contributed by atoms with van der Waals surface area (Å²) in [6.07, 6.45) is 2.56. The Morgan fingerprint density at radius 1 is 1.04 bits per heavy atom. The summed E-state index contributed by atoms with van der Waals surface area (Å²) in [5.41, 5.74) is 4.02. The molecule has 1 saturated heterocycles. The minimum Gasteiger partial charge on any atom is -0.371 e. The van der Waals surface area contributed by atoms with Gasteiger partial charge < -0.3 is 9.80 Å². The summed E-state index contributed by atoms with van der Waals surface area (Å²) in [6, 6.07) is 10.7. The lowest BCUT2D eigenvalue weighted by Crippen LogP contribution is -2.20. The van der Waals surface area contributed by atoms with Crippen LogP contribution < -0.4 is 14.5 Å². The highest BCUT2D eigenvalue weighted by Gasteiger charge is 2.26. The third kappa shape index (κ3) is 3.27. The number of hydrogen-bond acceptors (Lipinski definition) is 4. The number of aryl methyl sites for hydroxylation is 1. The van der Waals surface area contributed by atoms with Gasteiger partial charge in [0.05, 0.1) is 17.0 Å². The second-order valence-electron chi connectivity index (χ2n) is 7.22. The number of likely N-dealkylation sites (N-methyl/N-ethyl adjacent to an activating group) is 1. The Morgan fingerprint density at radius 2 is 1.78 bits per heavy atom. The standard InChI is InChI=1S/C20H23N3O3S/c1-14-5-6-16(23-9-3-4-10-23)13-18(14)21-27(25,26)17-7-8-19-15(11-17)12-20(24)22(19)2/h5-8,11,13,21H,3-4,9-10,12H2,1-2H3. The molecule has 1 amide bonds. The number of carbonyl (C=O) groups is 1. The fourth-order valence-corrected chi connectivity index (χ4v) is 4.88. The van der Waals surface area contributed by atoms with Crippen molar-refractivity contribution in [3.8, 4) is 0 Å². The van der Waals surface area contributed by atoms with Crippen molar-refractivity contribution >= 4 is 33.0 Å². The lowest BCUT2D eigenvalue weighted by molar-refractivity contribution is -0.117. The average Bonchev–Trinajstić information content (AvgIpc) is 3.26. The quantitative estimate of drug-likeness (QED) is 0.879. The van der Waals surface area contributed by atoms with Crippen molar-refractivity contribution in [2.24, 2.45) is 0 Å². The highest BCUT2D eigenvalue weighted by atomic mass is 32.2. The van der Waals surface area contributed by atoms with Crippen LogP contribution in [-0.4, -0.2) is 34.5 Å². The molecule has 0 radical (unpaired) electrons.